The number of aromatic hydroxyl groups is 1. The van der Waals surface area contributed by atoms with Gasteiger partial charge < -0.3 is 14.4 Å². The van der Waals surface area contributed by atoms with Crippen LogP contribution in [0.15, 0.2) is 47.5 Å². The Morgan fingerprint density at radius 3 is 2.67 bits per heavy atom. The van der Waals surface area contributed by atoms with E-state index in [2.05, 4.69) is 0 Å². The number of amides is 2. The smallest absolute Gasteiger partial charge is 0.293 e. The summed E-state index contributed by atoms with van der Waals surface area (Å²) in [5, 5.41) is 9.11. The van der Waals surface area contributed by atoms with E-state index in [4.69, 9.17) is 4.74 Å². The third-order valence-electron chi connectivity index (χ3n) is 3.58. The van der Waals surface area contributed by atoms with E-state index < -0.39 is 0 Å². The maximum Gasteiger partial charge on any atom is 0.293 e. The van der Waals surface area contributed by atoms with E-state index in [1.54, 1.807) is 30.3 Å². The summed E-state index contributed by atoms with van der Waals surface area (Å²) in [6, 6.07) is 10.5. The maximum atomic E-state index is 12.4. The third kappa shape index (κ3) is 3.22. The Hall–Kier alpha value is -2.51. The summed E-state index contributed by atoms with van der Waals surface area (Å²) in [6.45, 7) is 0.562. The highest BCUT2D eigenvalue weighted by Crippen LogP contribution is 2.32. The van der Waals surface area contributed by atoms with Gasteiger partial charge in [0.15, 0.2) is 0 Å². The van der Waals surface area contributed by atoms with Crippen LogP contribution in [0.4, 0.5) is 4.79 Å². The number of carbonyl (C=O) groups is 2. The third-order valence-corrected chi connectivity index (χ3v) is 4.49. The van der Waals surface area contributed by atoms with Gasteiger partial charge in [-0.05, 0) is 54.2 Å². The Balaban J connectivity index is 1.88. The summed E-state index contributed by atoms with van der Waals surface area (Å²) in [6.07, 6.45) is 3.55. The number of imide groups is 1. The van der Waals surface area contributed by atoms with Crippen LogP contribution in [0.1, 0.15) is 5.69 Å². The number of nitrogens with zero attached hydrogens (tertiary/aromatic N) is 2. The summed E-state index contributed by atoms with van der Waals surface area (Å²) in [4.78, 5) is 25.9. The largest absolute Gasteiger partial charge is 0.508 e. The molecule has 3 rings (SSSR count). The summed E-state index contributed by atoms with van der Waals surface area (Å²) in [5.74, 6) is -0.118. The van der Waals surface area contributed by atoms with Gasteiger partial charge in [-0.15, -0.1) is 0 Å². The summed E-state index contributed by atoms with van der Waals surface area (Å²) >= 11 is 0.926. The van der Waals surface area contributed by atoms with Crippen LogP contribution in [-0.2, 0) is 9.53 Å². The normalized spacial score (nSPS) is 16.4. The van der Waals surface area contributed by atoms with Crippen molar-refractivity contribution in [1.29, 1.82) is 0 Å². The number of benzene rings is 1. The second-order valence-corrected chi connectivity index (χ2v) is 6.14. The molecule has 0 atom stereocenters. The Morgan fingerprint density at radius 1 is 1.21 bits per heavy atom. The lowest BCUT2D eigenvalue weighted by atomic mass is 10.3. The van der Waals surface area contributed by atoms with Crippen molar-refractivity contribution in [2.45, 2.75) is 0 Å². The highest BCUT2D eigenvalue weighted by molar-refractivity contribution is 8.18. The standard InChI is InChI=1S/C17H16N2O4S/c1-23-10-9-19-16(21)15(24-17(19)22)11-13-3-2-8-18(13)12-4-6-14(20)7-5-12/h2-8,11,20H,9-10H2,1H3/b15-11+. The first kappa shape index (κ1) is 16.4. The number of hydrogen-bond donors (Lipinski definition) is 1. The van der Waals surface area contributed by atoms with Crippen molar-refractivity contribution in [3.63, 3.8) is 0 Å². The predicted molar refractivity (Wildman–Crippen MR) is 92.0 cm³/mol. The first-order valence-electron chi connectivity index (χ1n) is 7.31. The molecule has 1 N–H and O–H groups in total. The molecule has 1 aliphatic heterocycles. The Kier molecular flexibility index (Phi) is 4.73. The molecule has 124 valence electrons. The average Bonchev–Trinajstić information content (AvgIpc) is 3.13. The first-order valence-corrected chi connectivity index (χ1v) is 8.13. The summed E-state index contributed by atoms with van der Waals surface area (Å²) in [5.41, 5.74) is 1.63. The molecule has 1 saturated heterocycles. The van der Waals surface area contributed by atoms with Crippen LogP contribution in [0.2, 0.25) is 0 Å². The van der Waals surface area contributed by atoms with Gasteiger partial charge >= 0.3 is 0 Å². The van der Waals surface area contributed by atoms with Gasteiger partial charge in [0.05, 0.1) is 18.1 Å². The van der Waals surface area contributed by atoms with Gasteiger partial charge in [0.2, 0.25) is 0 Å². The fourth-order valence-corrected chi connectivity index (χ4v) is 3.22. The van der Waals surface area contributed by atoms with Crippen molar-refractivity contribution in [2.75, 3.05) is 20.3 Å². The lowest BCUT2D eigenvalue weighted by Crippen LogP contribution is -2.31. The minimum absolute atomic E-state index is 0.187. The molecule has 1 fully saturated rings. The Labute approximate surface area is 143 Å². The number of aromatic nitrogens is 1. The molecule has 0 aliphatic carbocycles. The number of hydrogen-bond acceptors (Lipinski definition) is 5. The molecule has 0 unspecified atom stereocenters. The van der Waals surface area contributed by atoms with E-state index in [1.165, 1.54) is 12.0 Å². The van der Waals surface area contributed by atoms with Gasteiger partial charge in [-0.3, -0.25) is 14.5 Å². The number of carbonyl (C=O) groups excluding carboxylic acids is 2. The number of ether oxygens (including phenoxy) is 1. The van der Waals surface area contributed by atoms with Crippen LogP contribution in [0.25, 0.3) is 11.8 Å². The zero-order chi connectivity index (χ0) is 17.1. The van der Waals surface area contributed by atoms with Crippen molar-refractivity contribution in [1.82, 2.24) is 9.47 Å². The van der Waals surface area contributed by atoms with Crippen molar-refractivity contribution in [2.24, 2.45) is 0 Å². The molecule has 24 heavy (non-hydrogen) atoms. The van der Waals surface area contributed by atoms with E-state index in [9.17, 15) is 14.7 Å². The zero-order valence-electron chi connectivity index (χ0n) is 13.0. The molecule has 0 bridgehead atoms. The van der Waals surface area contributed by atoms with E-state index in [0.717, 1.165) is 23.1 Å². The molecule has 1 aromatic carbocycles. The van der Waals surface area contributed by atoms with Gasteiger partial charge in [0, 0.05) is 24.7 Å². The maximum absolute atomic E-state index is 12.4. The SMILES string of the molecule is COCCN1C(=O)S/C(=C/c2cccn2-c2ccc(O)cc2)C1=O. The first-order chi connectivity index (χ1) is 11.6. The average molecular weight is 344 g/mol. The molecule has 0 saturated carbocycles. The molecule has 7 heteroatoms. The quantitative estimate of drug-likeness (QED) is 0.845. The van der Waals surface area contributed by atoms with Gasteiger partial charge in [0.1, 0.15) is 5.75 Å². The molecule has 2 heterocycles. The molecule has 2 amide bonds. The topological polar surface area (TPSA) is 71.8 Å². The second kappa shape index (κ2) is 6.94. The van der Waals surface area contributed by atoms with E-state index in [-0.39, 0.29) is 23.4 Å². The van der Waals surface area contributed by atoms with Gasteiger partial charge in [0.25, 0.3) is 11.1 Å². The molecular weight excluding hydrogens is 328 g/mol. The van der Waals surface area contributed by atoms with Crippen LogP contribution in [0, 0.1) is 0 Å². The minimum Gasteiger partial charge on any atom is -0.508 e. The molecule has 1 aliphatic rings. The fraction of sp³-hybridized carbons (Fsp3) is 0.176. The molecule has 6 nitrogen and oxygen atoms in total. The monoisotopic (exact) mass is 344 g/mol. The molecule has 2 aromatic rings. The fourth-order valence-electron chi connectivity index (χ4n) is 2.37. The number of phenolic OH excluding ortho intramolecular Hbond substituents is 1. The van der Waals surface area contributed by atoms with Gasteiger partial charge in [-0.25, -0.2) is 0 Å². The van der Waals surface area contributed by atoms with Crippen LogP contribution in [0.3, 0.4) is 0 Å². The summed E-state index contributed by atoms with van der Waals surface area (Å²) < 4.78 is 6.81. The Morgan fingerprint density at radius 2 is 1.96 bits per heavy atom. The predicted octanol–water partition coefficient (Wildman–Crippen LogP) is 2.87. The number of phenols is 1. The molecular formula is C17H16N2O4S. The van der Waals surface area contributed by atoms with Crippen molar-refractivity contribution in [3.05, 3.63) is 53.2 Å². The second-order valence-electron chi connectivity index (χ2n) is 5.15. The number of rotatable bonds is 5. The lowest BCUT2D eigenvalue weighted by Gasteiger charge is -2.11. The van der Waals surface area contributed by atoms with Crippen LogP contribution >= 0.6 is 11.8 Å². The lowest BCUT2D eigenvalue weighted by molar-refractivity contribution is -0.123. The van der Waals surface area contributed by atoms with Crippen LogP contribution in [-0.4, -0.2) is 46.0 Å². The molecule has 0 spiro atoms. The highest BCUT2D eigenvalue weighted by atomic mass is 32.2. The van der Waals surface area contributed by atoms with Gasteiger partial charge in [-0.1, -0.05) is 0 Å². The summed E-state index contributed by atoms with van der Waals surface area (Å²) in [7, 11) is 1.53. The van der Waals surface area contributed by atoms with Crippen molar-refractivity contribution < 1.29 is 19.4 Å². The molecule has 1 aromatic heterocycles. The van der Waals surface area contributed by atoms with E-state index in [0.29, 0.717) is 11.5 Å². The van der Waals surface area contributed by atoms with Gasteiger partial charge in [-0.2, -0.15) is 0 Å². The highest BCUT2D eigenvalue weighted by Gasteiger charge is 2.34. The van der Waals surface area contributed by atoms with E-state index in [1.807, 2.05) is 22.9 Å². The van der Waals surface area contributed by atoms with Crippen molar-refractivity contribution in [3.8, 4) is 11.4 Å². The van der Waals surface area contributed by atoms with Crippen LogP contribution in [0.5, 0.6) is 5.75 Å². The van der Waals surface area contributed by atoms with E-state index >= 15 is 0 Å². The Bertz CT molecular complexity index is 795. The number of methoxy groups -OCH3 is 1. The zero-order valence-corrected chi connectivity index (χ0v) is 13.8. The van der Waals surface area contributed by atoms with Crippen LogP contribution < -0.4 is 0 Å². The number of thioether (sulfide) groups is 1. The minimum atomic E-state index is -0.305. The van der Waals surface area contributed by atoms with Crippen molar-refractivity contribution >= 4 is 29.0 Å². The molecule has 0 radical (unpaired) electrons.